The second-order valence-electron chi connectivity index (χ2n) is 6.04. The molecule has 1 amide bonds. The van der Waals surface area contributed by atoms with Gasteiger partial charge in [0.2, 0.25) is 6.41 Å². The molecule has 1 aliphatic carbocycles. The van der Waals surface area contributed by atoms with Crippen LogP contribution in [-0.2, 0) is 11.0 Å². The van der Waals surface area contributed by atoms with Crippen molar-refractivity contribution in [3.8, 4) is 23.6 Å². The Balaban J connectivity index is 0.000000391. The lowest BCUT2D eigenvalue weighted by Gasteiger charge is -2.09. The van der Waals surface area contributed by atoms with E-state index in [4.69, 9.17) is 12.2 Å². The molecule has 0 spiro atoms. The molecule has 1 saturated carbocycles. The van der Waals surface area contributed by atoms with Crippen molar-refractivity contribution in [2.45, 2.75) is 19.0 Å². The number of nitrogen functional groups attached to an aromatic ring is 1. The predicted molar refractivity (Wildman–Crippen MR) is 97.8 cm³/mol. The molecule has 3 aromatic rings. The first kappa shape index (κ1) is 19.2. The van der Waals surface area contributed by atoms with Crippen molar-refractivity contribution in [1.82, 2.24) is 20.2 Å². The van der Waals surface area contributed by atoms with Crippen LogP contribution in [0, 0.1) is 18.3 Å². The number of carbonyl (C=O) groups excluding carboxylic acids is 1. The molecule has 28 heavy (non-hydrogen) atoms. The highest BCUT2D eigenvalue weighted by Crippen LogP contribution is 2.36. The van der Waals surface area contributed by atoms with Crippen LogP contribution in [0.5, 0.6) is 0 Å². The molecule has 0 unspecified atom stereocenters. The van der Waals surface area contributed by atoms with Crippen LogP contribution in [0.2, 0.25) is 0 Å². The Morgan fingerprint density at radius 3 is 2.64 bits per heavy atom. The zero-order chi connectivity index (χ0) is 20.3. The summed E-state index contributed by atoms with van der Waals surface area (Å²) in [6.07, 6.45) is 5.79. The summed E-state index contributed by atoms with van der Waals surface area (Å²) in [5, 5.41) is 8.65. The fourth-order valence-corrected chi connectivity index (χ4v) is 2.40. The van der Waals surface area contributed by atoms with Gasteiger partial charge in [0.15, 0.2) is 0 Å². The maximum atomic E-state index is 13.0. The van der Waals surface area contributed by atoms with Gasteiger partial charge in [-0.2, -0.15) is 18.3 Å². The molecule has 4 N–H and O–H groups in total. The van der Waals surface area contributed by atoms with E-state index >= 15 is 0 Å². The van der Waals surface area contributed by atoms with Crippen LogP contribution in [0.1, 0.15) is 18.5 Å². The fourth-order valence-electron chi connectivity index (χ4n) is 2.40. The van der Waals surface area contributed by atoms with Crippen molar-refractivity contribution in [3.63, 3.8) is 0 Å². The average Bonchev–Trinajstić information content (AvgIpc) is 3.35. The van der Waals surface area contributed by atoms with Gasteiger partial charge in [0.1, 0.15) is 17.3 Å². The molecule has 1 aliphatic rings. The number of aromatic nitrogens is 4. The number of halogens is 3. The average molecular weight is 388 g/mol. The minimum atomic E-state index is -4.60. The molecule has 4 rings (SSSR count). The van der Waals surface area contributed by atoms with Crippen LogP contribution in [0.15, 0.2) is 24.5 Å². The van der Waals surface area contributed by atoms with Crippen LogP contribution in [0.25, 0.3) is 22.0 Å². The Bertz CT molecular complexity index is 1050. The third kappa shape index (κ3) is 4.20. The lowest BCUT2D eigenvalue weighted by atomic mass is 10.1. The molecule has 0 aromatic carbocycles. The molecule has 0 bridgehead atoms. The molecule has 144 valence electrons. The number of terminal acetylenes is 1. The van der Waals surface area contributed by atoms with Gasteiger partial charge < -0.3 is 11.1 Å². The first-order chi connectivity index (χ1) is 13.3. The van der Waals surface area contributed by atoms with Crippen molar-refractivity contribution >= 4 is 28.8 Å². The maximum Gasteiger partial charge on any atom is 0.433 e. The van der Waals surface area contributed by atoms with Gasteiger partial charge in [0.25, 0.3) is 0 Å². The predicted octanol–water partition coefficient (Wildman–Crippen LogP) is 3.22. The van der Waals surface area contributed by atoms with Gasteiger partial charge in [-0.15, -0.1) is 12.3 Å². The molecule has 0 aliphatic heterocycles. The van der Waals surface area contributed by atoms with E-state index < -0.39 is 11.9 Å². The van der Waals surface area contributed by atoms with Crippen molar-refractivity contribution in [1.29, 1.82) is 0 Å². The number of hydrogen-bond donors (Lipinski definition) is 3. The van der Waals surface area contributed by atoms with Gasteiger partial charge >= 0.3 is 6.18 Å². The van der Waals surface area contributed by atoms with Crippen LogP contribution in [0.4, 0.5) is 24.8 Å². The van der Waals surface area contributed by atoms with Crippen LogP contribution in [0.3, 0.4) is 0 Å². The van der Waals surface area contributed by atoms with E-state index in [-0.39, 0.29) is 22.9 Å². The molecule has 0 radical (unpaired) electrons. The summed E-state index contributed by atoms with van der Waals surface area (Å²) < 4.78 is 38.9. The molecule has 1 fully saturated rings. The normalized spacial score (nSPS) is 13.4. The van der Waals surface area contributed by atoms with Crippen molar-refractivity contribution in [3.05, 3.63) is 30.2 Å². The van der Waals surface area contributed by atoms with Gasteiger partial charge in [-0.25, -0.2) is 9.97 Å². The molecule has 3 aromatic heterocycles. The summed E-state index contributed by atoms with van der Waals surface area (Å²) in [5.41, 5.74) is 4.58. The van der Waals surface area contributed by atoms with E-state index in [2.05, 4.69) is 26.3 Å². The lowest BCUT2D eigenvalue weighted by molar-refractivity contribution is -0.140. The Kier molecular flexibility index (Phi) is 5.17. The highest BCUT2D eigenvalue weighted by atomic mass is 19.4. The van der Waals surface area contributed by atoms with Crippen LogP contribution in [-0.4, -0.2) is 26.6 Å². The van der Waals surface area contributed by atoms with E-state index in [0.717, 1.165) is 6.20 Å². The number of alkyl halides is 3. The number of carbonyl (C=O) groups is 1. The van der Waals surface area contributed by atoms with Crippen molar-refractivity contribution < 1.29 is 18.0 Å². The monoisotopic (exact) mass is 388 g/mol. The lowest BCUT2D eigenvalue weighted by Crippen LogP contribution is -2.08. The molecular weight excluding hydrogens is 373 g/mol. The SMILES string of the molecule is C#CC1CC1.Nc1nc(-c2cn[nH]c2C(F)(F)F)cc2cc(NC=O)ncc12. The second-order valence-corrected chi connectivity index (χ2v) is 6.04. The molecule has 7 nitrogen and oxygen atoms in total. The third-order valence-corrected chi connectivity index (χ3v) is 3.96. The third-order valence-electron chi connectivity index (χ3n) is 3.96. The number of pyridine rings is 2. The van der Waals surface area contributed by atoms with E-state index in [0.29, 0.717) is 23.1 Å². The molecular formula is C18H15F3N6O. The quantitative estimate of drug-likeness (QED) is 0.471. The van der Waals surface area contributed by atoms with Gasteiger partial charge in [-0.05, 0) is 30.4 Å². The molecule has 0 atom stereocenters. The number of anilines is 2. The maximum absolute atomic E-state index is 13.0. The Morgan fingerprint density at radius 2 is 2.07 bits per heavy atom. The summed E-state index contributed by atoms with van der Waals surface area (Å²) in [4.78, 5) is 18.4. The number of nitrogens with two attached hydrogens (primary N) is 1. The minimum absolute atomic E-state index is 0.0133. The fraction of sp³-hybridized carbons (Fsp3) is 0.222. The van der Waals surface area contributed by atoms with E-state index in [1.54, 1.807) is 0 Å². The summed E-state index contributed by atoms with van der Waals surface area (Å²) in [5.74, 6) is 3.57. The Hall–Kier alpha value is -3.61. The van der Waals surface area contributed by atoms with Crippen LogP contribution < -0.4 is 11.1 Å². The summed E-state index contributed by atoms with van der Waals surface area (Å²) in [7, 11) is 0. The molecule has 0 saturated heterocycles. The van der Waals surface area contributed by atoms with Crippen molar-refractivity contribution in [2.75, 3.05) is 11.1 Å². The number of H-pyrrole nitrogens is 1. The minimum Gasteiger partial charge on any atom is -0.383 e. The second kappa shape index (κ2) is 7.56. The summed E-state index contributed by atoms with van der Waals surface area (Å²) in [6.45, 7) is 0. The van der Waals surface area contributed by atoms with E-state index in [1.807, 2.05) is 5.10 Å². The molecule has 10 heteroatoms. The Labute approximate surface area is 157 Å². The topological polar surface area (TPSA) is 110 Å². The first-order valence-corrected chi connectivity index (χ1v) is 8.17. The van der Waals surface area contributed by atoms with Gasteiger partial charge in [0, 0.05) is 17.5 Å². The zero-order valence-corrected chi connectivity index (χ0v) is 14.4. The van der Waals surface area contributed by atoms with Gasteiger partial charge in [-0.3, -0.25) is 9.89 Å². The van der Waals surface area contributed by atoms with Gasteiger partial charge in [-0.1, -0.05) is 0 Å². The summed E-state index contributed by atoms with van der Waals surface area (Å²) >= 11 is 0. The number of fused-ring (bicyclic) bond motifs is 1. The van der Waals surface area contributed by atoms with Crippen LogP contribution >= 0.6 is 0 Å². The standard InChI is InChI=1S/C13H9F3N6O.C5H6/c14-13(15,16)11-8(4-20-22-11)9-1-6-2-10(19-5-23)18-3-7(6)12(17)21-9;1-2-5-3-4-5/h1-5H,(H2,17,21)(H,20,22)(H,18,19,23);1,5H,3-4H2. The van der Waals surface area contributed by atoms with E-state index in [9.17, 15) is 18.0 Å². The van der Waals surface area contributed by atoms with E-state index in [1.165, 1.54) is 31.2 Å². The summed E-state index contributed by atoms with van der Waals surface area (Å²) in [6, 6.07) is 2.90. The first-order valence-electron chi connectivity index (χ1n) is 8.17. The largest absolute Gasteiger partial charge is 0.433 e. The number of nitrogens with zero attached hydrogens (tertiary/aromatic N) is 3. The number of aromatic amines is 1. The zero-order valence-electron chi connectivity index (χ0n) is 14.4. The number of nitrogens with one attached hydrogen (secondary N) is 2. The number of amides is 1. The highest BCUT2D eigenvalue weighted by Gasteiger charge is 2.36. The molecule has 3 heterocycles. The highest BCUT2D eigenvalue weighted by molar-refractivity contribution is 5.95. The van der Waals surface area contributed by atoms with Crippen molar-refractivity contribution in [2.24, 2.45) is 5.92 Å². The van der Waals surface area contributed by atoms with Gasteiger partial charge in [0.05, 0.1) is 17.5 Å². The number of rotatable bonds is 3. The Morgan fingerprint density at radius 1 is 1.32 bits per heavy atom. The smallest absolute Gasteiger partial charge is 0.383 e. The number of hydrogen-bond acceptors (Lipinski definition) is 5.